The molecule has 1 atom stereocenters. The molecule has 0 radical (unpaired) electrons. The number of aromatic amines is 1. The lowest BCUT2D eigenvalue weighted by atomic mass is 9.75. The van der Waals surface area contributed by atoms with Crippen molar-refractivity contribution in [1.82, 2.24) is 30.8 Å². The Kier molecular flexibility index (Phi) is 9.20. The zero-order valence-electron chi connectivity index (χ0n) is 26.0. The van der Waals surface area contributed by atoms with E-state index in [1.165, 1.54) is 12.1 Å². The number of aromatic nitrogens is 4. The highest BCUT2D eigenvalue weighted by atomic mass is 35.5. The molecule has 2 N–H and O–H groups in total. The normalized spacial score (nSPS) is 21.2. The first-order valence-electron chi connectivity index (χ1n) is 15.4. The van der Waals surface area contributed by atoms with E-state index in [4.69, 9.17) is 16.6 Å². The van der Waals surface area contributed by atoms with Crippen LogP contribution in [0.3, 0.4) is 0 Å². The predicted molar refractivity (Wildman–Crippen MR) is 168 cm³/mol. The van der Waals surface area contributed by atoms with Gasteiger partial charge in [-0.1, -0.05) is 63.6 Å². The number of tetrazole rings is 1. The average Bonchev–Trinajstić information content (AvgIpc) is 3.58. The minimum absolute atomic E-state index is 0.0260. The van der Waals surface area contributed by atoms with Crippen LogP contribution in [0, 0.1) is 23.1 Å². The van der Waals surface area contributed by atoms with Crippen molar-refractivity contribution in [2.45, 2.75) is 91.4 Å². The van der Waals surface area contributed by atoms with Crippen LogP contribution in [-0.4, -0.2) is 48.7 Å². The summed E-state index contributed by atoms with van der Waals surface area (Å²) < 4.78 is 14.5. The maximum atomic E-state index is 14.5. The van der Waals surface area contributed by atoms with Gasteiger partial charge in [0.15, 0.2) is 5.82 Å². The van der Waals surface area contributed by atoms with Gasteiger partial charge in [-0.25, -0.2) is 4.39 Å². The molecule has 11 heteroatoms. The summed E-state index contributed by atoms with van der Waals surface area (Å²) in [6, 6.07) is 11.3. The Hall–Kier alpha value is -3.66. The van der Waals surface area contributed by atoms with Gasteiger partial charge in [-0.3, -0.25) is 14.6 Å². The molecule has 0 unspecified atom stereocenters. The standard InChI is InChI=1S/C33H41ClFN7O2/c1-20(2)21-10-14-33(15-11-21)37-29(24-16-25(34)18-26(35)17-24)31(44)42(33)27(12-13-32(3,4)5)22-6-8-23(9-7-22)30(43)36-19-28-38-40-41-39-28/h6-9,16-18,20-21,27H,10-15,19H2,1-5H3,(H,36,43)(H,38,39,40,41)/t21?,27-,33?/m1/s1. The molecule has 1 aromatic heterocycles. The van der Waals surface area contributed by atoms with Crippen molar-refractivity contribution in [3.63, 3.8) is 0 Å². The van der Waals surface area contributed by atoms with Crippen LogP contribution in [-0.2, 0) is 11.3 Å². The van der Waals surface area contributed by atoms with E-state index in [-0.39, 0.29) is 40.6 Å². The number of halogens is 2. The van der Waals surface area contributed by atoms with Gasteiger partial charge >= 0.3 is 0 Å². The third kappa shape index (κ3) is 7.01. The maximum Gasteiger partial charge on any atom is 0.275 e. The van der Waals surface area contributed by atoms with Gasteiger partial charge in [0.25, 0.3) is 11.8 Å². The second-order valence-corrected chi connectivity index (χ2v) is 14.0. The first kappa shape index (κ1) is 31.8. The van der Waals surface area contributed by atoms with Crippen molar-refractivity contribution in [1.29, 1.82) is 0 Å². The number of amides is 2. The van der Waals surface area contributed by atoms with Crippen LogP contribution >= 0.6 is 11.6 Å². The fourth-order valence-corrected chi connectivity index (χ4v) is 6.66. The zero-order valence-corrected chi connectivity index (χ0v) is 26.8. The largest absolute Gasteiger partial charge is 0.345 e. The van der Waals surface area contributed by atoms with E-state index < -0.39 is 11.5 Å². The topological polar surface area (TPSA) is 116 Å². The van der Waals surface area contributed by atoms with Crippen molar-refractivity contribution >= 4 is 29.1 Å². The number of benzene rings is 2. The molecule has 2 amide bonds. The average molecular weight is 622 g/mol. The summed E-state index contributed by atoms with van der Waals surface area (Å²) in [6.45, 7) is 11.2. The van der Waals surface area contributed by atoms with Crippen LogP contribution in [0.15, 0.2) is 47.5 Å². The van der Waals surface area contributed by atoms with Gasteiger partial charge in [0.05, 0.1) is 12.6 Å². The van der Waals surface area contributed by atoms with Crippen molar-refractivity contribution in [2.24, 2.45) is 22.2 Å². The SMILES string of the molecule is CC(C)C1CCC2(CC1)N=C(c1cc(F)cc(Cl)c1)C(=O)N2[C@H](CCC(C)(C)C)c1ccc(C(=O)NCc2nn[nH]n2)cc1. The lowest BCUT2D eigenvalue weighted by Gasteiger charge is -2.46. The lowest BCUT2D eigenvalue weighted by Crippen LogP contribution is -2.51. The molecule has 2 heterocycles. The molecule has 3 aromatic rings. The minimum Gasteiger partial charge on any atom is -0.345 e. The van der Waals surface area contributed by atoms with E-state index in [1.54, 1.807) is 18.2 Å². The summed E-state index contributed by atoms with van der Waals surface area (Å²) in [5.74, 6) is 0.504. The van der Waals surface area contributed by atoms with Gasteiger partial charge in [0.1, 0.15) is 17.2 Å². The fourth-order valence-electron chi connectivity index (χ4n) is 6.43. The van der Waals surface area contributed by atoms with E-state index >= 15 is 0 Å². The number of hydrogen-bond donors (Lipinski definition) is 2. The summed E-state index contributed by atoms with van der Waals surface area (Å²) in [5.41, 5.74) is 1.36. The Morgan fingerprint density at radius 3 is 2.45 bits per heavy atom. The molecule has 0 saturated heterocycles. The second kappa shape index (κ2) is 12.8. The minimum atomic E-state index is -0.736. The number of H-pyrrole nitrogens is 1. The van der Waals surface area contributed by atoms with Gasteiger partial charge < -0.3 is 10.2 Å². The number of rotatable bonds is 9. The number of nitrogens with one attached hydrogen (secondary N) is 2. The summed E-state index contributed by atoms with van der Waals surface area (Å²) in [4.78, 5) is 34.4. The van der Waals surface area contributed by atoms with E-state index in [9.17, 15) is 14.0 Å². The summed E-state index contributed by atoms with van der Waals surface area (Å²) >= 11 is 6.23. The van der Waals surface area contributed by atoms with Gasteiger partial charge in [-0.2, -0.15) is 5.21 Å². The summed E-state index contributed by atoms with van der Waals surface area (Å²) in [6.07, 6.45) is 4.94. The molecule has 234 valence electrons. The number of carbonyl (C=O) groups excluding carboxylic acids is 2. The Morgan fingerprint density at radius 2 is 1.86 bits per heavy atom. The van der Waals surface area contributed by atoms with E-state index in [1.807, 2.05) is 17.0 Å². The lowest BCUT2D eigenvalue weighted by molar-refractivity contribution is -0.133. The highest BCUT2D eigenvalue weighted by Crippen LogP contribution is 2.48. The van der Waals surface area contributed by atoms with Crippen molar-refractivity contribution in [3.8, 4) is 0 Å². The van der Waals surface area contributed by atoms with Crippen LogP contribution in [0.2, 0.25) is 5.02 Å². The Bertz CT molecular complexity index is 1490. The van der Waals surface area contributed by atoms with E-state index in [0.717, 1.165) is 37.7 Å². The first-order valence-corrected chi connectivity index (χ1v) is 15.7. The van der Waals surface area contributed by atoms with Crippen LogP contribution in [0.5, 0.6) is 0 Å². The molecule has 0 bridgehead atoms. The fraction of sp³-hybridized carbons (Fsp3) is 0.515. The maximum absolute atomic E-state index is 14.5. The highest BCUT2D eigenvalue weighted by molar-refractivity contribution is 6.47. The van der Waals surface area contributed by atoms with Gasteiger partial charge in [0, 0.05) is 16.1 Å². The molecule has 44 heavy (non-hydrogen) atoms. The zero-order chi connectivity index (χ0) is 31.6. The van der Waals surface area contributed by atoms with Gasteiger partial charge in [0.2, 0.25) is 0 Å². The van der Waals surface area contributed by atoms with Crippen molar-refractivity contribution < 1.29 is 14.0 Å². The Balaban J connectivity index is 1.50. The molecule has 2 aromatic carbocycles. The van der Waals surface area contributed by atoms with Crippen LogP contribution in [0.4, 0.5) is 4.39 Å². The molecule has 1 aliphatic carbocycles. The van der Waals surface area contributed by atoms with Crippen LogP contribution in [0.25, 0.3) is 0 Å². The third-order valence-electron chi connectivity index (χ3n) is 8.93. The molecule has 5 rings (SSSR count). The third-order valence-corrected chi connectivity index (χ3v) is 9.15. The van der Waals surface area contributed by atoms with Crippen LogP contribution in [0.1, 0.15) is 106 Å². The molecule has 9 nitrogen and oxygen atoms in total. The molecule has 1 aliphatic heterocycles. The number of hydrogen-bond acceptors (Lipinski definition) is 6. The summed E-state index contributed by atoms with van der Waals surface area (Å²) in [7, 11) is 0. The molecule has 2 aliphatic rings. The first-order chi connectivity index (χ1) is 20.8. The molecule has 1 fully saturated rings. The van der Waals surface area contributed by atoms with Crippen molar-refractivity contribution in [2.75, 3.05) is 0 Å². The number of aliphatic imine (C=N–C) groups is 1. The number of carbonyl (C=O) groups is 2. The molecular formula is C33H41ClFN7O2. The highest BCUT2D eigenvalue weighted by Gasteiger charge is 2.52. The van der Waals surface area contributed by atoms with Crippen molar-refractivity contribution in [3.05, 3.63) is 75.8 Å². The Morgan fingerprint density at radius 1 is 1.16 bits per heavy atom. The quantitative estimate of drug-likeness (QED) is 0.277. The van der Waals surface area contributed by atoms with E-state index in [0.29, 0.717) is 35.2 Å². The smallest absolute Gasteiger partial charge is 0.275 e. The molecule has 1 spiro atoms. The van der Waals surface area contributed by atoms with Crippen LogP contribution < -0.4 is 5.32 Å². The predicted octanol–water partition coefficient (Wildman–Crippen LogP) is 6.66. The molecular weight excluding hydrogens is 581 g/mol. The monoisotopic (exact) mass is 621 g/mol. The van der Waals surface area contributed by atoms with Gasteiger partial charge in [-0.05, 0) is 91.7 Å². The molecule has 1 saturated carbocycles. The summed E-state index contributed by atoms with van der Waals surface area (Å²) in [5, 5.41) is 16.6. The van der Waals surface area contributed by atoms with Gasteiger partial charge in [-0.15, -0.1) is 10.2 Å². The number of nitrogens with zero attached hydrogens (tertiary/aromatic N) is 5. The Labute approximate surface area is 263 Å². The van der Waals surface area contributed by atoms with E-state index in [2.05, 4.69) is 60.6 Å². The second-order valence-electron chi connectivity index (χ2n) is 13.6.